The van der Waals surface area contributed by atoms with E-state index in [-0.39, 0.29) is 5.41 Å². The van der Waals surface area contributed by atoms with Crippen LogP contribution in [-0.4, -0.2) is 5.16 Å². The van der Waals surface area contributed by atoms with Crippen LogP contribution in [0, 0.1) is 0 Å². The summed E-state index contributed by atoms with van der Waals surface area (Å²) in [6, 6.07) is 10.5. The van der Waals surface area contributed by atoms with E-state index in [2.05, 4.69) is 36.3 Å². The van der Waals surface area contributed by atoms with Crippen LogP contribution in [0.5, 0.6) is 0 Å². The molecule has 2 aromatic rings. The number of benzene rings is 1. The molecule has 1 fully saturated rings. The highest BCUT2D eigenvalue weighted by atomic mass is 16.5. The van der Waals surface area contributed by atoms with E-state index in [1.807, 2.05) is 6.07 Å². The maximum Gasteiger partial charge on any atom is 0.225 e. The highest BCUT2D eigenvalue weighted by Gasteiger charge is 2.49. The molecule has 1 aromatic carbocycles. The molecule has 0 unspecified atom stereocenters. The summed E-state index contributed by atoms with van der Waals surface area (Å²) >= 11 is 0. The normalized spacial score (nSPS) is 17.0. The summed E-state index contributed by atoms with van der Waals surface area (Å²) in [7, 11) is 0. The minimum absolute atomic E-state index is 0.0632. The molecule has 88 valence electrons. The third-order valence-electron chi connectivity index (χ3n) is 3.70. The van der Waals surface area contributed by atoms with Crippen molar-refractivity contribution in [3.05, 3.63) is 47.2 Å². The number of hydrogen-bond donors (Lipinski definition) is 1. The zero-order valence-electron chi connectivity index (χ0n) is 9.94. The number of nitrogens with two attached hydrogens (primary N) is 1. The maximum atomic E-state index is 5.83. The van der Waals surface area contributed by atoms with Gasteiger partial charge >= 0.3 is 0 Å². The minimum Gasteiger partial charge on any atom is -0.367 e. The smallest absolute Gasteiger partial charge is 0.225 e. The largest absolute Gasteiger partial charge is 0.367 e. The second kappa shape index (κ2) is 3.62. The lowest BCUT2D eigenvalue weighted by atomic mass is 9.89. The molecule has 3 heteroatoms. The van der Waals surface area contributed by atoms with E-state index >= 15 is 0 Å². The van der Waals surface area contributed by atoms with E-state index in [4.69, 9.17) is 10.3 Å². The van der Waals surface area contributed by atoms with Gasteiger partial charge in [-0.1, -0.05) is 42.4 Å². The molecule has 0 amide bonds. The van der Waals surface area contributed by atoms with Crippen LogP contribution >= 0.6 is 0 Å². The molecular weight excluding hydrogens is 212 g/mol. The summed E-state index contributed by atoms with van der Waals surface area (Å²) in [5.74, 6) is 0.477. The van der Waals surface area contributed by atoms with Crippen LogP contribution in [0.4, 0.5) is 5.88 Å². The van der Waals surface area contributed by atoms with Crippen molar-refractivity contribution in [1.29, 1.82) is 0 Å². The highest BCUT2D eigenvalue weighted by Crippen LogP contribution is 2.54. The molecule has 1 aromatic heterocycles. The average Bonchev–Trinajstić information content (AvgIpc) is 3.09. The standard InChI is InChI=1S/C14H16N2O/c1-2-11-12(16-17-13(11)15)14(8-9-14)10-6-4-3-5-7-10/h3-7H,2,8-9,15H2,1H3. The lowest BCUT2D eigenvalue weighted by Gasteiger charge is -2.13. The molecule has 0 atom stereocenters. The molecule has 0 radical (unpaired) electrons. The van der Waals surface area contributed by atoms with Crippen molar-refractivity contribution in [2.75, 3.05) is 5.73 Å². The first-order chi connectivity index (χ1) is 8.28. The van der Waals surface area contributed by atoms with Gasteiger partial charge in [-0.15, -0.1) is 0 Å². The Morgan fingerprint density at radius 1 is 1.29 bits per heavy atom. The lowest BCUT2D eigenvalue weighted by Crippen LogP contribution is -2.11. The van der Waals surface area contributed by atoms with E-state index in [0.717, 1.165) is 30.5 Å². The molecule has 0 aliphatic heterocycles. The molecule has 0 bridgehead atoms. The van der Waals surface area contributed by atoms with Gasteiger partial charge in [-0.2, -0.15) is 0 Å². The van der Waals surface area contributed by atoms with Gasteiger partial charge in [-0.3, -0.25) is 0 Å². The second-order valence-corrected chi connectivity index (χ2v) is 4.68. The van der Waals surface area contributed by atoms with Crippen molar-refractivity contribution >= 4 is 5.88 Å². The Morgan fingerprint density at radius 2 is 2.00 bits per heavy atom. The van der Waals surface area contributed by atoms with E-state index in [1.165, 1.54) is 5.56 Å². The monoisotopic (exact) mass is 228 g/mol. The van der Waals surface area contributed by atoms with Gasteiger partial charge in [0.15, 0.2) is 0 Å². The SMILES string of the molecule is CCc1c(C2(c3ccccc3)CC2)noc1N. The quantitative estimate of drug-likeness (QED) is 0.878. The summed E-state index contributed by atoms with van der Waals surface area (Å²) < 4.78 is 5.16. The number of nitrogen functional groups attached to an aromatic ring is 1. The van der Waals surface area contributed by atoms with Crippen molar-refractivity contribution in [2.24, 2.45) is 0 Å². The Bertz CT molecular complexity index is 526. The number of anilines is 1. The van der Waals surface area contributed by atoms with Crippen LogP contribution in [-0.2, 0) is 11.8 Å². The zero-order valence-corrected chi connectivity index (χ0v) is 9.94. The molecule has 3 rings (SSSR count). The number of nitrogens with zero attached hydrogens (tertiary/aromatic N) is 1. The average molecular weight is 228 g/mol. The zero-order chi connectivity index (χ0) is 11.9. The van der Waals surface area contributed by atoms with Gasteiger partial charge in [0.1, 0.15) is 0 Å². The van der Waals surface area contributed by atoms with Crippen LogP contribution in [0.15, 0.2) is 34.9 Å². The van der Waals surface area contributed by atoms with E-state index < -0.39 is 0 Å². The van der Waals surface area contributed by atoms with Gasteiger partial charge in [-0.25, -0.2) is 0 Å². The van der Waals surface area contributed by atoms with E-state index in [1.54, 1.807) is 0 Å². The fraction of sp³-hybridized carbons (Fsp3) is 0.357. The Morgan fingerprint density at radius 3 is 2.59 bits per heavy atom. The Balaban J connectivity index is 2.10. The van der Waals surface area contributed by atoms with Crippen LogP contribution < -0.4 is 5.73 Å². The Hall–Kier alpha value is -1.77. The highest BCUT2D eigenvalue weighted by molar-refractivity contribution is 5.50. The fourth-order valence-corrected chi connectivity index (χ4v) is 2.58. The Labute approximate surface area is 101 Å². The van der Waals surface area contributed by atoms with Crippen molar-refractivity contribution in [1.82, 2.24) is 5.16 Å². The topological polar surface area (TPSA) is 52.0 Å². The molecule has 1 aliphatic carbocycles. The molecule has 0 spiro atoms. The molecule has 1 saturated carbocycles. The van der Waals surface area contributed by atoms with Crippen LogP contribution in [0.1, 0.15) is 36.6 Å². The third-order valence-corrected chi connectivity index (χ3v) is 3.70. The maximum absolute atomic E-state index is 5.83. The first-order valence-electron chi connectivity index (χ1n) is 6.08. The van der Waals surface area contributed by atoms with Crippen LogP contribution in [0.3, 0.4) is 0 Å². The van der Waals surface area contributed by atoms with Crippen molar-refractivity contribution in [3.8, 4) is 0 Å². The fourth-order valence-electron chi connectivity index (χ4n) is 2.58. The van der Waals surface area contributed by atoms with E-state index in [9.17, 15) is 0 Å². The van der Waals surface area contributed by atoms with Gasteiger partial charge < -0.3 is 10.3 Å². The third kappa shape index (κ3) is 1.46. The molecule has 2 N–H and O–H groups in total. The number of aromatic nitrogens is 1. The number of hydrogen-bond acceptors (Lipinski definition) is 3. The molecule has 0 saturated heterocycles. The first-order valence-corrected chi connectivity index (χ1v) is 6.08. The summed E-state index contributed by atoms with van der Waals surface area (Å²) in [4.78, 5) is 0. The van der Waals surface area contributed by atoms with Crippen molar-refractivity contribution in [2.45, 2.75) is 31.6 Å². The summed E-state index contributed by atoms with van der Waals surface area (Å²) in [5, 5.41) is 4.20. The molecular formula is C14H16N2O. The van der Waals surface area contributed by atoms with Gasteiger partial charge in [-0.05, 0) is 24.8 Å². The van der Waals surface area contributed by atoms with Gasteiger partial charge in [0, 0.05) is 11.0 Å². The van der Waals surface area contributed by atoms with Crippen molar-refractivity contribution in [3.63, 3.8) is 0 Å². The predicted octanol–water partition coefficient (Wildman–Crippen LogP) is 2.90. The van der Waals surface area contributed by atoms with Gasteiger partial charge in [0.2, 0.25) is 5.88 Å². The minimum atomic E-state index is 0.0632. The van der Waals surface area contributed by atoms with Gasteiger partial charge in [0.05, 0.1) is 5.69 Å². The van der Waals surface area contributed by atoms with Crippen LogP contribution in [0.2, 0.25) is 0 Å². The van der Waals surface area contributed by atoms with Crippen LogP contribution in [0.25, 0.3) is 0 Å². The summed E-state index contributed by atoms with van der Waals surface area (Å²) in [6.45, 7) is 2.09. The summed E-state index contributed by atoms with van der Waals surface area (Å²) in [6.07, 6.45) is 3.14. The van der Waals surface area contributed by atoms with Crippen molar-refractivity contribution < 1.29 is 4.52 Å². The predicted molar refractivity (Wildman–Crippen MR) is 66.7 cm³/mol. The summed E-state index contributed by atoms with van der Waals surface area (Å²) in [5.41, 5.74) is 9.33. The second-order valence-electron chi connectivity index (χ2n) is 4.68. The van der Waals surface area contributed by atoms with Gasteiger partial charge in [0.25, 0.3) is 0 Å². The Kier molecular flexibility index (Phi) is 2.21. The molecule has 1 aliphatic rings. The first kappa shape index (κ1) is 10.4. The van der Waals surface area contributed by atoms with E-state index in [0.29, 0.717) is 5.88 Å². The number of rotatable bonds is 3. The lowest BCUT2D eigenvalue weighted by molar-refractivity contribution is 0.422. The molecule has 3 nitrogen and oxygen atoms in total. The molecule has 1 heterocycles. The molecule has 17 heavy (non-hydrogen) atoms.